The van der Waals surface area contributed by atoms with Crippen molar-refractivity contribution in [3.8, 4) is 0 Å². The van der Waals surface area contributed by atoms with Gasteiger partial charge in [0.05, 0.1) is 5.92 Å². The number of benzene rings is 1. The number of nitrogens with zero attached hydrogens (tertiary/aromatic N) is 3. The number of aromatic nitrogens is 1. The van der Waals surface area contributed by atoms with Crippen LogP contribution in [0.25, 0.3) is 0 Å². The molecule has 0 spiro atoms. The van der Waals surface area contributed by atoms with E-state index in [0.29, 0.717) is 12.6 Å². The van der Waals surface area contributed by atoms with Gasteiger partial charge in [-0.25, -0.2) is 0 Å². The number of piperidine rings is 2. The van der Waals surface area contributed by atoms with Gasteiger partial charge in [-0.3, -0.25) is 19.5 Å². The normalized spacial score (nSPS) is 20.7. The molecule has 1 N–H and O–H groups in total. The lowest BCUT2D eigenvalue weighted by Crippen LogP contribution is -2.51. The molecule has 30 heavy (non-hydrogen) atoms. The molecule has 2 amide bonds. The Morgan fingerprint density at radius 2 is 1.80 bits per heavy atom. The van der Waals surface area contributed by atoms with E-state index < -0.39 is 0 Å². The number of pyridine rings is 1. The maximum Gasteiger partial charge on any atom is 0.253 e. The molecule has 1 aromatic carbocycles. The second kappa shape index (κ2) is 9.85. The lowest BCUT2D eigenvalue weighted by atomic mass is 9.93. The Bertz CT molecular complexity index is 835. The Morgan fingerprint density at radius 3 is 2.53 bits per heavy atom. The van der Waals surface area contributed by atoms with Gasteiger partial charge in [0.15, 0.2) is 0 Å². The van der Waals surface area contributed by atoms with Crippen molar-refractivity contribution in [1.29, 1.82) is 0 Å². The van der Waals surface area contributed by atoms with Crippen LogP contribution in [0.4, 0.5) is 0 Å². The summed E-state index contributed by atoms with van der Waals surface area (Å²) in [6, 6.07) is 13.8. The molecule has 1 atom stereocenters. The molecule has 0 radical (unpaired) electrons. The number of amides is 2. The van der Waals surface area contributed by atoms with E-state index in [1.54, 1.807) is 12.4 Å². The van der Waals surface area contributed by atoms with Crippen molar-refractivity contribution >= 4 is 11.8 Å². The molecule has 4 rings (SSSR count). The fraction of sp³-hybridized carbons (Fsp3) is 0.458. The Kier molecular flexibility index (Phi) is 6.74. The van der Waals surface area contributed by atoms with Crippen molar-refractivity contribution < 1.29 is 9.59 Å². The van der Waals surface area contributed by atoms with Crippen LogP contribution in [-0.2, 0) is 11.3 Å². The van der Waals surface area contributed by atoms with Crippen LogP contribution in [-0.4, -0.2) is 58.8 Å². The third kappa shape index (κ3) is 5.05. The molecule has 2 aliphatic heterocycles. The summed E-state index contributed by atoms with van der Waals surface area (Å²) >= 11 is 0. The summed E-state index contributed by atoms with van der Waals surface area (Å²) in [7, 11) is 0. The van der Waals surface area contributed by atoms with E-state index in [0.717, 1.165) is 63.0 Å². The first-order valence-corrected chi connectivity index (χ1v) is 11.0. The Balaban J connectivity index is 1.26. The highest BCUT2D eigenvalue weighted by Crippen LogP contribution is 2.25. The molecule has 6 heteroatoms. The highest BCUT2D eigenvalue weighted by Gasteiger charge is 2.32. The van der Waals surface area contributed by atoms with Crippen LogP contribution in [0.15, 0.2) is 54.9 Å². The Hall–Kier alpha value is -2.73. The van der Waals surface area contributed by atoms with E-state index in [-0.39, 0.29) is 17.7 Å². The maximum absolute atomic E-state index is 12.7. The number of carbonyl (C=O) groups is 2. The standard InChI is InChI=1S/C24H30N4O2/c29-23(26-17-19-6-4-12-25-16-19)21-9-5-13-28(18-21)22-10-14-27(15-11-22)24(30)20-7-2-1-3-8-20/h1-4,6-8,12,16,21-22H,5,9-11,13-15,17-18H2,(H,26,29)/t21-/m1/s1. The molecule has 0 saturated carbocycles. The van der Waals surface area contributed by atoms with Crippen molar-refractivity contribution in [2.75, 3.05) is 26.2 Å². The topological polar surface area (TPSA) is 65.5 Å². The second-order valence-corrected chi connectivity index (χ2v) is 8.30. The summed E-state index contributed by atoms with van der Waals surface area (Å²) in [5.74, 6) is 0.306. The number of hydrogen-bond donors (Lipinski definition) is 1. The van der Waals surface area contributed by atoms with Gasteiger partial charge >= 0.3 is 0 Å². The van der Waals surface area contributed by atoms with Gasteiger partial charge in [0.1, 0.15) is 0 Å². The lowest BCUT2D eigenvalue weighted by Gasteiger charge is -2.42. The molecule has 3 heterocycles. The van der Waals surface area contributed by atoms with Gasteiger partial charge in [-0.2, -0.15) is 0 Å². The minimum absolute atomic E-state index is 0.0411. The molecule has 1 aromatic heterocycles. The summed E-state index contributed by atoms with van der Waals surface area (Å²) in [5.41, 5.74) is 1.79. The van der Waals surface area contributed by atoms with Crippen LogP contribution in [0.2, 0.25) is 0 Å². The Labute approximate surface area is 178 Å². The first-order chi connectivity index (χ1) is 14.7. The molecule has 158 valence electrons. The third-order valence-corrected chi connectivity index (χ3v) is 6.30. The van der Waals surface area contributed by atoms with Crippen molar-refractivity contribution in [2.24, 2.45) is 5.92 Å². The van der Waals surface area contributed by atoms with Gasteiger partial charge in [0, 0.05) is 50.2 Å². The zero-order valence-corrected chi connectivity index (χ0v) is 17.4. The molecule has 2 aliphatic rings. The summed E-state index contributed by atoms with van der Waals surface area (Å²) in [6.07, 6.45) is 7.47. The van der Waals surface area contributed by atoms with Gasteiger partial charge in [-0.15, -0.1) is 0 Å². The third-order valence-electron chi connectivity index (χ3n) is 6.30. The molecule has 2 saturated heterocycles. The van der Waals surface area contributed by atoms with Gasteiger partial charge in [0.2, 0.25) is 5.91 Å². The SMILES string of the molecule is O=C(NCc1cccnc1)[C@@H]1CCCN(C2CCN(C(=O)c3ccccc3)CC2)C1. The van der Waals surface area contributed by atoms with Crippen LogP contribution in [0, 0.1) is 5.92 Å². The van der Waals surface area contributed by atoms with Crippen molar-refractivity contribution in [2.45, 2.75) is 38.3 Å². The first kappa shape index (κ1) is 20.5. The van der Waals surface area contributed by atoms with Gasteiger partial charge < -0.3 is 10.2 Å². The predicted molar refractivity (Wildman–Crippen MR) is 116 cm³/mol. The summed E-state index contributed by atoms with van der Waals surface area (Å²) in [5, 5.41) is 3.07. The lowest BCUT2D eigenvalue weighted by molar-refractivity contribution is -0.127. The fourth-order valence-electron chi connectivity index (χ4n) is 4.59. The fourth-order valence-corrected chi connectivity index (χ4v) is 4.59. The molecule has 0 unspecified atom stereocenters. The number of hydrogen-bond acceptors (Lipinski definition) is 4. The monoisotopic (exact) mass is 406 g/mol. The summed E-state index contributed by atoms with van der Waals surface area (Å²) in [4.78, 5) is 33.9. The number of rotatable bonds is 5. The Morgan fingerprint density at radius 1 is 1.00 bits per heavy atom. The number of nitrogens with one attached hydrogen (secondary N) is 1. The van der Waals surface area contributed by atoms with Crippen LogP contribution >= 0.6 is 0 Å². The number of likely N-dealkylation sites (tertiary alicyclic amines) is 2. The van der Waals surface area contributed by atoms with Gasteiger partial charge in [-0.1, -0.05) is 24.3 Å². The van der Waals surface area contributed by atoms with E-state index in [2.05, 4.69) is 15.2 Å². The van der Waals surface area contributed by atoms with Crippen LogP contribution in [0.3, 0.4) is 0 Å². The molecule has 0 bridgehead atoms. The minimum Gasteiger partial charge on any atom is -0.352 e. The highest BCUT2D eigenvalue weighted by atomic mass is 16.2. The van der Waals surface area contributed by atoms with E-state index in [1.807, 2.05) is 47.4 Å². The predicted octanol–water partition coefficient (Wildman–Crippen LogP) is 2.71. The minimum atomic E-state index is 0.0411. The van der Waals surface area contributed by atoms with Crippen molar-refractivity contribution in [3.63, 3.8) is 0 Å². The van der Waals surface area contributed by atoms with E-state index in [1.165, 1.54) is 0 Å². The van der Waals surface area contributed by atoms with Crippen LogP contribution < -0.4 is 5.32 Å². The van der Waals surface area contributed by atoms with Crippen LogP contribution in [0.5, 0.6) is 0 Å². The zero-order chi connectivity index (χ0) is 20.8. The largest absolute Gasteiger partial charge is 0.352 e. The summed E-state index contributed by atoms with van der Waals surface area (Å²) in [6.45, 7) is 3.96. The van der Waals surface area contributed by atoms with Crippen LogP contribution in [0.1, 0.15) is 41.6 Å². The highest BCUT2D eigenvalue weighted by molar-refractivity contribution is 5.94. The molecule has 6 nitrogen and oxygen atoms in total. The molecular formula is C24H30N4O2. The molecular weight excluding hydrogens is 376 g/mol. The smallest absolute Gasteiger partial charge is 0.253 e. The van der Waals surface area contributed by atoms with Crippen molar-refractivity contribution in [1.82, 2.24) is 20.1 Å². The molecule has 2 aromatic rings. The van der Waals surface area contributed by atoms with Gasteiger partial charge in [-0.05, 0) is 56.0 Å². The molecule has 2 fully saturated rings. The average Bonchev–Trinajstić information content (AvgIpc) is 2.83. The van der Waals surface area contributed by atoms with E-state index in [4.69, 9.17) is 0 Å². The molecule has 0 aliphatic carbocycles. The maximum atomic E-state index is 12.7. The second-order valence-electron chi connectivity index (χ2n) is 8.30. The average molecular weight is 407 g/mol. The van der Waals surface area contributed by atoms with E-state index in [9.17, 15) is 9.59 Å². The van der Waals surface area contributed by atoms with Crippen molar-refractivity contribution in [3.05, 3.63) is 66.0 Å². The van der Waals surface area contributed by atoms with Gasteiger partial charge in [0.25, 0.3) is 5.91 Å². The van der Waals surface area contributed by atoms with E-state index >= 15 is 0 Å². The summed E-state index contributed by atoms with van der Waals surface area (Å²) < 4.78 is 0. The number of carbonyl (C=O) groups excluding carboxylic acids is 2. The zero-order valence-electron chi connectivity index (χ0n) is 17.4. The first-order valence-electron chi connectivity index (χ1n) is 11.0. The quantitative estimate of drug-likeness (QED) is 0.829.